The lowest BCUT2D eigenvalue weighted by Gasteiger charge is -2.23. The molecule has 1 atom stereocenters. The molecule has 5 nitrogen and oxygen atoms in total. The first kappa shape index (κ1) is 16.0. The molecule has 1 N–H and O–H groups in total. The highest BCUT2D eigenvalue weighted by Gasteiger charge is 2.33. The quantitative estimate of drug-likeness (QED) is 0.771. The minimum absolute atomic E-state index is 0.289. The van der Waals surface area contributed by atoms with Crippen LogP contribution in [-0.4, -0.2) is 33.6 Å². The zero-order chi connectivity index (χ0) is 17.6. The van der Waals surface area contributed by atoms with Gasteiger partial charge >= 0.3 is 5.97 Å². The van der Waals surface area contributed by atoms with Gasteiger partial charge in [-0.3, -0.25) is 0 Å². The molecule has 3 heterocycles. The zero-order valence-corrected chi connectivity index (χ0v) is 14.4. The first-order valence-corrected chi connectivity index (χ1v) is 8.87. The molecule has 1 aliphatic heterocycles. The molecular formula is C18H16FN3O2S. The number of hydrogen-bond acceptors (Lipinski definition) is 5. The van der Waals surface area contributed by atoms with Crippen molar-refractivity contribution in [3.05, 3.63) is 41.3 Å². The molecule has 1 fully saturated rings. The van der Waals surface area contributed by atoms with Crippen LogP contribution >= 0.6 is 11.3 Å². The molecule has 1 unspecified atom stereocenters. The van der Waals surface area contributed by atoms with Crippen LogP contribution in [0, 0.1) is 12.7 Å². The smallest absolute Gasteiger partial charge is 0.326 e. The number of rotatable bonds is 3. The second-order valence-electron chi connectivity index (χ2n) is 6.11. The maximum atomic E-state index is 13.3. The normalized spacial score (nSPS) is 17.4. The number of hydrogen-bond donors (Lipinski definition) is 1. The standard InChI is InChI=1S/C18H16FN3O2S/c1-10-14(11-4-6-12(19)7-5-11)15-16(20-9-21-17(15)25-10)22-8-2-3-13(22)18(23)24/h4-7,9,13H,2-3,8H2,1H3,(H,23,24). The van der Waals surface area contributed by atoms with E-state index in [1.54, 1.807) is 23.5 Å². The summed E-state index contributed by atoms with van der Waals surface area (Å²) in [5.74, 6) is -0.471. The van der Waals surface area contributed by atoms with E-state index >= 15 is 0 Å². The third-order valence-corrected chi connectivity index (χ3v) is 5.60. The molecule has 0 radical (unpaired) electrons. The molecular weight excluding hydrogens is 341 g/mol. The van der Waals surface area contributed by atoms with E-state index in [2.05, 4.69) is 9.97 Å². The lowest BCUT2D eigenvalue weighted by atomic mass is 10.0. The predicted octanol–water partition coefficient (Wildman–Crippen LogP) is 3.86. The Balaban J connectivity index is 1.94. The van der Waals surface area contributed by atoms with E-state index in [1.807, 2.05) is 11.8 Å². The summed E-state index contributed by atoms with van der Waals surface area (Å²) < 4.78 is 13.3. The topological polar surface area (TPSA) is 66.3 Å². The van der Waals surface area contributed by atoms with Crippen molar-refractivity contribution in [2.24, 2.45) is 0 Å². The Kier molecular flexibility index (Phi) is 3.88. The number of fused-ring (bicyclic) bond motifs is 1. The molecule has 25 heavy (non-hydrogen) atoms. The first-order valence-electron chi connectivity index (χ1n) is 8.05. The SMILES string of the molecule is Cc1sc2ncnc(N3CCCC3C(=O)O)c2c1-c1ccc(F)cc1. The van der Waals surface area contributed by atoms with Crippen LogP contribution in [0.15, 0.2) is 30.6 Å². The highest BCUT2D eigenvalue weighted by Crippen LogP contribution is 2.42. The molecule has 0 amide bonds. The molecule has 4 rings (SSSR count). The molecule has 2 aromatic heterocycles. The van der Waals surface area contributed by atoms with E-state index < -0.39 is 12.0 Å². The number of benzene rings is 1. The van der Waals surface area contributed by atoms with Crippen molar-refractivity contribution in [1.29, 1.82) is 0 Å². The lowest BCUT2D eigenvalue weighted by Crippen LogP contribution is -2.36. The molecule has 0 aliphatic carbocycles. The van der Waals surface area contributed by atoms with Crippen LogP contribution in [-0.2, 0) is 4.79 Å². The third kappa shape index (κ3) is 2.64. The molecule has 1 aliphatic rings. The van der Waals surface area contributed by atoms with Crippen LogP contribution < -0.4 is 4.90 Å². The molecule has 0 bridgehead atoms. The van der Waals surface area contributed by atoms with Crippen molar-refractivity contribution >= 4 is 33.3 Å². The number of carboxylic acids is 1. The van der Waals surface area contributed by atoms with Gasteiger partial charge in [-0.1, -0.05) is 12.1 Å². The molecule has 1 saturated heterocycles. The highest BCUT2D eigenvalue weighted by atomic mass is 32.1. The number of nitrogens with zero attached hydrogens (tertiary/aromatic N) is 3. The van der Waals surface area contributed by atoms with E-state index in [1.165, 1.54) is 18.5 Å². The van der Waals surface area contributed by atoms with Gasteiger partial charge in [0.1, 0.15) is 28.8 Å². The summed E-state index contributed by atoms with van der Waals surface area (Å²) in [5.41, 5.74) is 1.83. The molecule has 1 aromatic carbocycles. The fourth-order valence-electron chi connectivity index (χ4n) is 3.49. The van der Waals surface area contributed by atoms with E-state index in [0.29, 0.717) is 18.8 Å². The van der Waals surface area contributed by atoms with Crippen molar-refractivity contribution in [3.8, 4) is 11.1 Å². The fourth-order valence-corrected chi connectivity index (χ4v) is 4.50. The summed E-state index contributed by atoms with van der Waals surface area (Å²) in [6.07, 6.45) is 2.91. The summed E-state index contributed by atoms with van der Waals surface area (Å²) in [5, 5.41) is 10.4. The number of aryl methyl sites for hydroxylation is 1. The average Bonchev–Trinajstić information content (AvgIpc) is 3.19. The Morgan fingerprint density at radius 3 is 2.80 bits per heavy atom. The molecule has 128 valence electrons. The van der Waals surface area contributed by atoms with Crippen molar-refractivity contribution in [2.45, 2.75) is 25.8 Å². The zero-order valence-electron chi connectivity index (χ0n) is 13.6. The second kappa shape index (κ2) is 6.07. The Hall–Kier alpha value is -2.54. The van der Waals surface area contributed by atoms with Crippen LogP contribution in [0.25, 0.3) is 21.3 Å². The number of aliphatic carboxylic acids is 1. The average molecular weight is 357 g/mol. The molecule has 3 aromatic rings. The predicted molar refractivity (Wildman–Crippen MR) is 95.5 cm³/mol. The van der Waals surface area contributed by atoms with Gasteiger partial charge in [-0.2, -0.15) is 0 Å². The van der Waals surface area contributed by atoms with Gasteiger partial charge in [-0.05, 0) is 37.5 Å². The molecule has 0 saturated carbocycles. The van der Waals surface area contributed by atoms with Crippen LogP contribution in [0.2, 0.25) is 0 Å². The number of aromatic nitrogens is 2. The van der Waals surface area contributed by atoms with Crippen molar-refractivity contribution < 1.29 is 14.3 Å². The van der Waals surface area contributed by atoms with Crippen molar-refractivity contribution in [3.63, 3.8) is 0 Å². The number of anilines is 1. The Morgan fingerprint density at radius 2 is 2.08 bits per heavy atom. The van der Waals surface area contributed by atoms with E-state index in [9.17, 15) is 14.3 Å². The molecule has 7 heteroatoms. The number of thiophene rings is 1. The van der Waals surface area contributed by atoms with Gasteiger partial charge in [0.15, 0.2) is 0 Å². The van der Waals surface area contributed by atoms with Crippen LogP contribution in [0.1, 0.15) is 17.7 Å². The summed E-state index contributed by atoms with van der Waals surface area (Å²) >= 11 is 1.54. The van der Waals surface area contributed by atoms with Gasteiger partial charge in [-0.25, -0.2) is 19.2 Å². The number of carboxylic acid groups (broad SMARTS) is 1. The first-order chi connectivity index (χ1) is 12.1. The summed E-state index contributed by atoms with van der Waals surface area (Å²) in [7, 11) is 0. The Bertz CT molecular complexity index is 955. The fraction of sp³-hybridized carbons (Fsp3) is 0.278. The monoisotopic (exact) mass is 357 g/mol. The lowest BCUT2D eigenvalue weighted by molar-refractivity contribution is -0.138. The minimum atomic E-state index is -0.834. The van der Waals surface area contributed by atoms with Gasteiger partial charge in [0.05, 0.1) is 5.39 Å². The summed E-state index contributed by atoms with van der Waals surface area (Å²) in [4.78, 5) is 24.1. The highest BCUT2D eigenvalue weighted by molar-refractivity contribution is 7.19. The van der Waals surface area contributed by atoms with Gasteiger partial charge in [0.2, 0.25) is 0 Å². The number of carbonyl (C=O) groups is 1. The maximum absolute atomic E-state index is 13.3. The van der Waals surface area contributed by atoms with Crippen LogP contribution in [0.4, 0.5) is 10.2 Å². The van der Waals surface area contributed by atoms with Gasteiger partial charge in [-0.15, -0.1) is 11.3 Å². The van der Waals surface area contributed by atoms with E-state index in [4.69, 9.17) is 0 Å². The summed E-state index contributed by atoms with van der Waals surface area (Å²) in [6.45, 7) is 2.65. The van der Waals surface area contributed by atoms with Crippen LogP contribution in [0.3, 0.4) is 0 Å². The summed E-state index contributed by atoms with van der Waals surface area (Å²) in [6, 6.07) is 5.76. The Morgan fingerprint density at radius 1 is 1.32 bits per heavy atom. The van der Waals surface area contributed by atoms with Crippen molar-refractivity contribution in [1.82, 2.24) is 9.97 Å². The minimum Gasteiger partial charge on any atom is -0.480 e. The Labute approximate surface area is 147 Å². The van der Waals surface area contributed by atoms with Crippen LogP contribution in [0.5, 0.6) is 0 Å². The van der Waals surface area contributed by atoms with Gasteiger partial charge < -0.3 is 10.0 Å². The van der Waals surface area contributed by atoms with E-state index in [0.717, 1.165) is 32.6 Å². The van der Waals surface area contributed by atoms with Gasteiger partial charge in [0.25, 0.3) is 0 Å². The van der Waals surface area contributed by atoms with Gasteiger partial charge in [0, 0.05) is 17.0 Å². The number of halogens is 1. The van der Waals surface area contributed by atoms with Crippen molar-refractivity contribution in [2.75, 3.05) is 11.4 Å². The largest absolute Gasteiger partial charge is 0.480 e. The maximum Gasteiger partial charge on any atom is 0.326 e. The third-order valence-electron chi connectivity index (χ3n) is 4.59. The van der Waals surface area contributed by atoms with E-state index in [-0.39, 0.29) is 5.82 Å². The molecule has 0 spiro atoms. The second-order valence-corrected chi connectivity index (χ2v) is 7.31.